The summed E-state index contributed by atoms with van der Waals surface area (Å²) in [7, 11) is -0.931. The van der Waals surface area contributed by atoms with Crippen molar-refractivity contribution in [1.82, 2.24) is 10.1 Å². The van der Waals surface area contributed by atoms with Gasteiger partial charge in [-0.15, -0.1) is 11.3 Å². The Morgan fingerprint density at radius 3 is 2.84 bits per heavy atom. The number of halogens is 1. The van der Waals surface area contributed by atoms with Gasteiger partial charge in [-0.2, -0.15) is 16.7 Å². The Hall–Kier alpha value is -0.113. The molecule has 19 heavy (non-hydrogen) atoms. The fourth-order valence-corrected chi connectivity index (χ4v) is 6.20. The van der Waals surface area contributed by atoms with Crippen molar-refractivity contribution in [1.29, 1.82) is 0 Å². The standard InChI is InChI=1S/C12H17BrN2OS2Si/c1-19(2,3)5-4-17-8-11-14-12(15-16-11)10-6-9(13)7-18-10/h6-7H,4-5,8H2,1-3H3. The third-order valence-corrected chi connectivity index (χ3v) is 7.22. The monoisotopic (exact) mass is 376 g/mol. The van der Waals surface area contributed by atoms with Gasteiger partial charge < -0.3 is 4.52 Å². The molecule has 0 saturated heterocycles. The first kappa shape index (κ1) is 15.3. The Labute approximate surface area is 131 Å². The summed E-state index contributed by atoms with van der Waals surface area (Å²) in [5.74, 6) is 3.40. The molecule has 0 aromatic carbocycles. The van der Waals surface area contributed by atoms with E-state index >= 15 is 0 Å². The summed E-state index contributed by atoms with van der Waals surface area (Å²) in [5, 5.41) is 6.05. The summed E-state index contributed by atoms with van der Waals surface area (Å²) in [4.78, 5) is 5.47. The highest BCUT2D eigenvalue weighted by molar-refractivity contribution is 9.10. The molecule has 0 aliphatic rings. The quantitative estimate of drug-likeness (QED) is 0.517. The van der Waals surface area contributed by atoms with Crippen molar-refractivity contribution < 1.29 is 4.52 Å². The van der Waals surface area contributed by atoms with Gasteiger partial charge in [-0.25, -0.2) is 0 Å². The molecule has 2 aromatic heterocycles. The van der Waals surface area contributed by atoms with Crippen LogP contribution in [-0.4, -0.2) is 24.0 Å². The van der Waals surface area contributed by atoms with Gasteiger partial charge in [0.25, 0.3) is 0 Å². The van der Waals surface area contributed by atoms with E-state index in [4.69, 9.17) is 4.52 Å². The highest BCUT2D eigenvalue weighted by Crippen LogP contribution is 2.28. The van der Waals surface area contributed by atoms with Gasteiger partial charge in [0.15, 0.2) is 0 Å². The smallest absolute Gasteiger partial charge is 0.236 e. The molecule has 104 valence electrons. The van der Waals surface area contributed by atoms with Crippen molar-refractivity contribution in [2.24, 2.45) is 0 Å². The number of nitrogens with zero attached hydrogens (tertiary/aromatic N) is 2. The zero-order chi connectivity index (χ0) is 13.9. The summed E-state index contributed by atoms with van der Waals surface area (Å²) in [6.07, 6.45) is 0. The van der Waals surface area contributed by atoms with Gasteiger partial charge in [0.2, 0.25) is 11.7 Å². The second kappa shape index (κ2) is 6.56. The zero-order valence-corrected chi connectivity index (χ0v) is 15.5. The van der Waals surface area contributed by atoms with Gasteiger partial charge in [0.1, 0.15) is 0 Å². The second-order valence-electron chi connectivity index (χ2n) is 5.50. The molecule has 0 radical (unpaired) electrons. The molecule has 0 aliphatic carbocycles. The van der Waals surface area contributed by atoms with E-state index in [2.05, 4.69) is 45.7 Å². The molecular weight excluding hydrogens is 360 g/mol. The molecule has 0 bridgehead atoms. The fraction of sp³-hybridized carbons (Fsp3) is 0.500. The fourth-order valence-electron chi connectivity index (χ4n) is 1.38. The van der Waals surface area contributed by atoms with E-state index in [0.717, 1.165) is 21.0 Å². The van der Waals surface area contributed by atoms with Crippen molar-refractivity contribution in [2.75, 3.05) is 5.75 Å². The van der Waals surface area contributed by atoms with Gasteiger partial charge in [0.05, 0.1) is 10.6 Å². The molecule has 0 fully saturated rings. The molecule has 7 heteroatoms. The number of thioether (sulfide) groups is 1. The van der Waals surface area contributed by atoms with Crippen molar-refractivity contribution in [3.05, 3.63) is 21.8 Å². The van der Waals surface area contributed by atoms with Crippen LogP contribution in [0, 0.1) is 0 Å². The lowest BCUT2D eigenvalue weighted by Gasteiger charge is -2.14. The largest absolute Gasteiger partial charge is 0.338 e. The topological polar surface area (TPSA) is 38.9 Å². The highest BCUT2D eigenvalue weighted by Gasteiger charge is 2.13. The SMILES string of the molecule is C[Si](C)(C)CCSCc1nc(-c2cc(Br)cs2)no1. The van der Waals surface area contributed by atoms with Crippen molar-refractivity contribution in [3.63, 3.8) is 0 Å². The molecule has 0 N–H and O–H groups in total. The summed E-state index contributed by atoms with van der Waals surface area (Å²) >= 11 is 6.92. The lowest BCUT2D eigenvalue weighted by Crippen LogP contribution is -2.19. The van der Waals surface area contributed by atoms with Gasteiger partial charge in [0, 0.05) is 17.9 Å². The Balaban J connectivity index is 1.85. The Morgan fingerprint density at radius 2 is 2.21 bits per heavy atom. The van der Waals surface area contributed by atoms with Crippen LogP contribution in [0.2, 0.25) is 25.7 Å². The molecule has 0 amide bonds. The lowest BCUT2D eigenvalue weighted by molar-refractivity contribution is 0.392. The minimum atomic E-state index is -0.931. The molecule has 0 aliphatic heterocycles. The van der Waals surface area contributed by atoms with Crippen LogP contribution in [0.5, 0.6) is 0 Å². The number of rotatable bonds is 6. The molecule has 0 saturated carbocycles. The molecular formula is C12H17BrN2OS2Si. The van der Waals surface area contributed by atoms with E-state index in [-0.39, 0.29) is 0 Å². The minimum Gasteiger partial charge on any atom is -0.338 e. The van der Waals surface area contributed by atoms with E-state index in [9.17, 15) is 0 Å². The van der Waals surface area contributed by atoms with Crippen LogP contribution in [0.25, 0.3) is 10.7 Å². The molecule has 3 nitrogen and oxygen atoms in total. The average Bonchev–Trinajstić information content (AvgIpc) is 2.92. The third-order valence-electron chi connectivity index (χ3n) is 2.48. The molecule has 0 atom stereocenters. The highest BCUT2D eigenvalue weighted by atomic mass is 79.9. The Morgan fingerprint density at radius 1 is 1.42 bits per heavy atom. The minimum absolute atomic E-state index is 0.691. The van der Waals surface area contributed by atoms with Crippen LogP contribution in [-0.2, 0) is 5.75 Å². The summed E-state index contributed by atoms with van der Waals surface area (Å²) in [5.41, 5.74) is 0. The zero-order valence-electron chi connectivity index (χ0n) is 11.3. The lowest BCUT2D eigenvalue weighted by atomic mass is 10.4. The number of hydrogen-bond acceptors (Lipinski definition) is 5. The summed E-state index contributed by atoms with van der Waals surface area (Å²) in [6.45, 7) is 7.19. The van der Waals surface area contributed by atoms with Crippen LogP contribution >= 0.6 is 39.0 Å². The number of hydrogen-bond donors (Lipinski definition) is 0. The van der Waals surface area contributed by atoms with Crippen molar-refractivity contribution in [3.8, 4) is 10.7 Å². The Bertz CT molecular complexity index is 536. The van der Waals surface area contributed by atoms with E-state index in [0.29, 0.717) is 5.82 Å². The first-order chi connectivity index (χ1) is 8.94. The Kier molecular flexibility index (Phi) is 5.27. The molecule has 2 rings (SSSR count). The predicted molar refractivity (Wildman–Crippen MR) is 89.6 cm³/mol. The van der Waals surface area contributed by atoms with E-state index in [1.54, 1.807) is 11.3 Å². The van der Waals surface area contributed by atoms with Crippen LogP contribution in [0.15, 0.2) is 20.4 Å². The van der Waals surface area contributed by atoms with Gasteiger partial charge >= 0.3 is 0 Å². The third kappa shape index (κ3) is 5.05. The van der Waals surface area contributed by atoms with Gasteiger partial charge in [-0.3, -0.25) is 0 Å². The maximum absolute atomic E-state index is 5.28. The summed E-state index contributed by atoms with van der Waals surface area (Å²) in [6, 6.07) is 3.34. The van der Waals surface area contributed by atoms with Crippen LogP contribution in [0.4, 0.5) is 0 Å². The van der Waals surface area contributed by atoms with E-state index < -0.39 is 8.07 Å². The summed E-state index contributed by atoms with van der Waals surface area (Å²) < 4.78 is 6.34. The maximum atomic E-state index is 5.28. The van der Waals surface area contributed by atoms with Crippen LogP contribution in [0.1, 0.15) is 5.89 Å². The molecule has 2 aromatic rings. The van der Waals surface area contributed by atoms with Crippen LogP contribution < -0.4 is 0 Å². The molecule has 0 unspecified atom stereocenters. The number of thiophene rings is 1. The van der Waals surface area contributed by atoms with Gasteiger partial charge in [-0.1, -0.05) is 24.8 Å². The molecule has 2 heterocycles. The van der Waals surface area contributed by atoms with Crippen LogP contribution in [0.3, 0.4) is 0 Å². The average molecular weight is 377 g/mol. The van der Waals surface area contributed by atoms with Crippen molar-refractivity contribution in [2.45, 2.75) is 31.4 Å². The van der Waals surface area contributed by atoms with Crippen molar-refractivity contribution >= 4 is 47.1 Å². The number of aromatic nitrogens is 2. The first-order valence-electron chi connectivity index (χ1n) is 6.09. The molecule has 0 spiro atoms. The first-order valence-corrected chi connectivity index (χ1v) is 12.6. The predicted octanol–water partition coefficient (Wildman–Crippen LogP) is 5.13. The van der Waals surface area contributed by atoms with E-state index in [1.807, 2.05) is 23.2 Å². The second-order valence-corrected chi connectivity index (χ2v) is 14.1. The maximum Gasteiger partial charge on any atom is 0.236 e. The van der Waals surface area contributed by atoms with E-state index in [1.165, 1.54) is 11.8 Å². The normalized spacial score (nSPS) is 12.0. The van der Waals surface area contributed by atoms with Gasteiger partial charge in [-0.05, 0) is 33.8 Å².